The van der Waals surface area contributed by atoms with E-state index in [0.29, 0.717) is 0 Å². The highest BCUT2D eigenvalue weighted by Gasteiger charge is 2.20. The van der Waals surface area contributed by atoms with Gasteiger partial charge in [0.1, 0.15) is 0 Å². The van der Waals surface area contributed by atoms with Gasteiger partial charge in [0.25, 0.3) is 0 Å². The smallest absolute Gasteiger partial charge is 0.0634 e. The van der Waals surface area contributed by atoms with Crippen molar-refractivity contribution in [2.75, 3.05) is 0 Å². The lowest BCUT2D eigenvalue weighted by molar-refractivity contribution is 1.18. The van der Waals surface area contributed by atoms with Crippen molar-refractivity contribution in [1.29, 1.82) is 0 Å². The van der Waals surface area contributed by atoms with E-state index in [1.165, 1.54) is 97.2 Å². The molecule has 3 aromatic heterocycles. The van der Waals surface area contributed by atoms with Crippen LogP contribution in [0.1, 0.15) is 0 Å². The number of aromatic nitrogens is 2. The van der Waals surface area contributed by atoms with Crippen LogP contribution in [-0.2, 0) is 0 Å². The maximum Gasteiger partial charge on any atom is 0.0634 e. The molecule has 57 heavy (non-hydrogen) atoms. The topological polar surface area (TPSA) is 9.86 Å². The second-order valence-electron chi connectivity index (χ2n) is 14.9. The zero-order chi connectivity index (χ0) is 37.5. The van der Waals surface area contributed by atoms with E-state index in [4.69, 9.17) is 0 Å². The van der Waals surface area contributed by atoms with Crippen molar-refractivity contribution in [3.05, 3.63) is 206 Å². The van der Waals surface area contributed by atoms with Crippen LogP contribution < -0.4 is 0 Å². The van der Waals surface area contributed by atoms with Gasteiger partial charge in [-0.2, -0.15) is 0 Å². The summed E-state index contributed by atoms with van der Waals surface area (Å²) in [5.74, 6) is 0. The maximum absolute atomic E-state index is 2.50. The van der Waals surface area contributed by atoms with Crippen LogP contribution in [0.4, 0.5) is 0 Å². The Morgan fingerprint density at radius 1 is 0.281 bits per heavy atom. The Kier molecular flexibility index (Phi) is 7.13. The molecule has 0 aliphatic heterocycles. The Labute approximate surface area is 333 Å². The Morgan fingerprint density at radius 3 is 1.47 bits per heavy atom. The van der Waals surface area contributed by atoms with Crippen molar-refractivity contribution in [2.24, 2.45) is 0 Å². The third-order valence-corrected chi connectivity index (χ3v) is 12.8. The van der Waals surface area contributed by atoms with Crippen LogP contribution in [0.25, 0.3) is 109 Å². The third kappa shape index (κ3) is 5.03. The second kappa shape index (κ2) is 12.7. The molecular formula is C54H34N2S. The Bertz CT molecular complexity index is 3510. The number of thiophene rings is 1. The SMILES string of the molecule is c1ccc(-c2cccc(-n3c4ccccc4c4cc(-c5ccc6c(c5)c5ccc7sc8ccccc8c7c5n6-c5cccc(-c6ccccc6)c5)ccc43)c2)cc1. The van der Waals surface area contributed by atoms with Gasteiger partial charge < -0.3 is 9.13 Å². The first kappa shape index (κ1) is 32.1. The molecule has 3 heteroatoms. The van der Waals surface area contributed by atoms with E-state index in [0.717, 1.165) is 11.4 Å². The standard InChI is InChI=1S/C54H34N2S/c1-3-13-35(14-4-1)37-17-11-19-41(31-37)55-48-23-9-7-21-43(48)46-33-39(25-28-49(46)55)40-26-29-50-47(34-40)44-27-30-52-53(45-22-8-10-24-51(45)57-52)54(44)56(50)42-20-12-18-38(32-42)36-15-5-2-6-16-36/h1-34H. The van der Waals surface area contributed by atoms with Crippen molar-refractivity contribution in [3.63, 3.8) is 0 Å². The molecule has 0 bridgehead atoms. The first-order valence-corrected chi connectivity index (χ1v) is 20.3. The van der Waals surface area contributed by atoms with Gasteiger partial charge in [-0.15, -0.1) is 11.3 Å². The van der Waals surface area contributed by atoms with E-state index in [2.05, 4.69) is 215 Å². The highest BCUT2D eigenvalue weighted by molar-refractivity contribution is 7.26. The summed E-state index contributed by atoms with van der Waals surface area (Å²) >= 11 is 1.88. The summed E-state index contributed by atoms with van der Waals surface area (Å²) in [7, 11) is 0. The molecule has 9 aromatic carbocycles. The molecule has 0 spiro atoms. The van der Waals surface area contributed by atoms with E-state index in [9.17, 15) is 0 Å². The molecule has 12 aromatic rings. The minimum absolute atomic E-state index is 1.16. The molecule has 0 aliphatic rings. The summed E-state index contributed by atoms with van der Waals surface area (Å²) in [6, 6.07) is 75.6. The first-order valence-electron chi connectivity index (χ1n) is 19.5. The third-order valence-electron chi connectivity index (χ3n) is 11.7. The normalized spacial score (nSPS) is 11.9. The van der Waals surface area contributed by atoms with E-state index >= 15 is 0 Å². The predicted molar refractivity (Wildman–Crippen MR) is 244 cm³/mol. The number of benzene rings is 9. The Balaban J connectivity index is 1.07. The largest absolute Gasteiger partial charge is 0.309 e. The quantitative estimate of drug-likeness (QED) is 0.166. The van der Waals surface area contributed by atoms with Crippen LogP contribution in [-0.4, -0.2) is 9.13 Å². The van der Waals surface area contributed by atoms with E-state index in [1.54, 1.807) is 0 Å². The molecule has 0 aliphatic carbocycles. The van der Waals surface area contributed by atoms with Crippen LogP contribution in [0.5, 0.6) is 0 Å². The fraction of sp³-hybridized carbons (Fsp3) is 0. The van der Waals surface area contributed by atoms with Crippen molar-refractivity contribution < 1.29 is 0 Å². The van der Waals surface area contributed by atoms with Crippen molar-refractivity contribution in [2.45, 2.75) is 0 Å². The number of nitrogens with zero attached hydrogens (tertiary/aromatic N) is 2. The number of hydrogen-bond donors (Lipinski definition) is 0. The average molecular weight is 743 g/mol. The summed E-state index contributed by atoms with van der Waals surface area (Å²) in [6.45, 7) is 0. The summed E-state index contributed by atoms with van der Waals surface area (Å²) < 4.78 is 7.54. The highest BCUT2D eigenvalue weighted by Crippen LogP contribution is 2.44. The molecule has 0 N–H and O–H groups in total. The van der Waals surface area contributed by atoms with E-state index in [-0.39, 0.29) is 0 Å². The summed E-state index contributed by atoms with van der Waals surface area (Å²) in [4.78, 5) is 0. The van der Waals surface area contributed by atoms with Gasteiger partial charge in [-0.05, 0) is 100 Å². The fourth-order valence-electron chi connectivity index (χ4n) is 9.10. The average Bonchev–Trinajstić information content (AvgIpc) is 3.94. The van der Waals surface area contributed by atoms with Gasteiger partial charge in [-0.3, -0.25) is 0 Å². The minimum atomic E-state index is 1.16. The van der Waals surface area contributed by atoms with E-state index in [1.807, 2.05) is 11.3 Å². The van der Waals surface area contributed by atoms with Gasteiger partial charge in [-0.1, -0.05) is 140 Å². The summed E-state index contributed by atoms with van der Waals surface area (Å²) in [5, 5.41) is 7.65. The predicted octanol–water partition coefficient (Wildman–Crippen LogP) is 15.2. The zero-order valence-corrected chi connectivity index (χ0v) is 31.7. The molecule has 0 atom stereocenters. The lowest BCUT2D eigenvalue weighted by atomic mass is 10.00. The molecule has 0 amide bonds. The van der Waals surface area contributed by atoms with Crippen LogP contribution in [0.2, 0.25) is 0 Å². The Morgan fingerprint density at radius 2 is 0.789 bits per heavy atom. The molecular weight excluding hydrogens is 709 g/mol. The summed E-state index contributed by atoms with van der Waals surface area (Å²) in [5.41, 5.74) is 14.5. The second-order valence-corrected chi connectivity index (χ2v) is 16.0. The minimum Gasteiger partial charge on any atom is -0.309 e. The first-order chi connectivity index (χ1) is 28.3. The number of hydrogen-bond acceptors (Lipinski definition) is 1. The molecule has 0 saturated carbocycles. The van der Waals surface area contributed by atoms with Crippen LogP contribution in [0, 0.1) is 0 Å². The number of fused-ring (bicyclic) bond motifs is 10. The van der Waals surface area contributed by atoms with Crippen LogP contribution >= 0.6 is 11.3 Å². The molecule has 0 radical (unpaired) electrons. The Hall–Kier alpha value is -7.20. The highest BCUT2D eigenvalue weighted by atomic mass is 32.1. The molecule has 266 valence electrons. The molecule has 12 rings (SSSR count). The molecule has 0 saturated heterocycles. The van der Waals surface area contributed by atoms with Crippen LogP contribution in [0.3, 0.4) is 0 Å². The zero-order valence-electron chi connectivity index (χ0n) is 30.9. The van der Waals surface area contributed by atoms with Crippen molar-refractivity contribution in [1.82, 2.24) is 9.13 Å². The van der Waals surface area contributed by atoms with E-state index < -0.39 is 0 Å². The lowest BCUT2D eigenvalue weighted by Gasteiger charge is -2.12. The van der Waals surface area contributed by atoms with Gasteiger partial charge in [0, 0.05) is 53.1 Å². The summed E-state index contributed by atoms with van der Waals surface area (Å²) in [6.07, 6.45) is 0. The lowest BCUT2D eigenvalue weighted by Crippen LogP contribution is -1.95. The van der Waals surface area contributed by atoms with Crippen molar-refractivity contribution >= 4 is 75.1 Å². The fourth-order valence-corrected chi connectivity index (χ4v) is 10.2. The van der Waals surface area contributed by atoms with Crippen molar-refractivity contribution in [3.8, 4) is 44.8 Å². The molecule has 3 heterocycles. The monoisotopic (exact) mass is 742 g/mol. The van der Waals surface area contributed by atoms with Gasteiger partial charge in [0.2, 0.25) is 0 Å². The van der Waals surface area contributed by atoms with Gasteiger partial charge >= 0.3 is 0 Å². The van der Waals surface area contributed by atoms with Crippen LogP contribution in [0.15, 0.2) is 206 Å². The molecule has 2 nitrogen and oxygen atoms in total. The van der Waals surface area contributed by atoms with Gasteiger partial charge in [0.05, 0.1) is 22.1 Å². The number of para-hydroxylation sites is 1. The number of rotatable bonds is 5. The maximum atomic E-state index is 2.50. The molecule has 0 fully saturated rings. The van der Waals surface area contributed by atoms with Gasteiger partial charge in [-0.25, -0.2) is 0 Å². The van der Waals surface area contributed by atoms with Gasteiger partial charge in [0.15, 0.2) is 0 Å². The molecule has 0 unspecified atom stereocenters.